The molecular weight excluding hydrogens is 707 g/mol. The van der Waals surface area contributed by atoms with Gasteiger partial charge in [-0.2, -0.15) is 0 Å². The zero-order chi connectivity index (χ0) is 40.9. The number of carbonyl (C=O) groups is 1. The van der Waals surface area contributed by atoms with E-state index in [2.05, 4.69) is 19.2 Å². The van der Waals surface area contributed by atoms with Gasteiger partial charge in [-0.1, -0.05) is 219 Å². The highest BCUT2D eigenvalue weighted by atomic mass is 16.7. The Bertz CT molecular complexity index is 847. The molecule has 1 aliphatic rings. The molecule has 1 rings (SSSR count). The Morgan fingerprint density at radius 3 is 1.27 bits per heavy atom. The van der Waals surface area contributed by atoms with E-state index in [4.69, 9.17) is 9.47 Å². The number of unbranched alkanes of at least 4 members (excludes halogenated alkanes) is 31. The van der Waals surface area contributed by atoms with Gasteiger partial charge in [0.2, 0.25) is 5.91 Å². The topological polar surface area (TPSA) is 149 Å². The molecule has 1 amide bonds. The lowest BCUT2D eigenvalue weighted by molar-refractivity contribution is -0.302. The second kappa shape index (κ2) is 38.4. The van der Waals surface area contributed by atoms with Crippen LogP contribution in [0.5, 0.6) is 0 Å². The Morgan fingerprint density at radius 1 is 0.536 bits per heavy atom. The number of carbonyl (C=O) groups excluding carboxylic acids is 1. The lowest BCUT2D eigenvalue weighted by atomic mass is 9.99. The van der Waals surface area contributed by atoms with Gasteiger partial charge in [-0.05, 0) is 12.8 Å². The predicted octanol–water partition coefficient (Wildman–Crippen LogP) is 10.3. The Morgan fingerprint density at radius 2 is 0.893 bits per heavy atom. The third kappa shape index (κ3) is 28.6. The highest BCUT2D eigenvalue weighted by molar-refractivity contribution is 5.76. The molecule has 1 saturated heterocycles. The largest absolute Gasteiger partial charge is 0.394 e. The Hall–Kier alpha value is -0.810. The molecule has 9 nitrogen and oxygen atoms in total. The lowest BCUT2D eigenvalue weighted by Crippen LogP contribution is -2.60. The molecule has 0 saturated carbocycles. The van der Waals surface area contributed by atoms with E-state index in [-0.39, 0.29) is 12.5 Å². The molecule has 6 N–H and O–H groups in total. The van der Waals surface area contributed by atoms with Gasteiger partial charge >= 0.3 is 0 Å². The third-order valence-corrected chi connectivity index (χ3v) is 12.0. The molecule has 1 fully saturated rings. The molecule has 0 radical (unpaired) electrons. The number of ether oxygens (including phenoxy) is 2. The van der Waals surface area contributed by atoms with Gasteiger partial charge in [0.25, 0.3) is 0 Å². The first-order valence-electron chi connectivity index (χ1n) is 24.2. The second-order valence-corrected chi connectivity index (χ2v) is 17.3. The third-order valence-electron chi connectivity index (χ3n) is 12.0. The fourth-order valence-electron chi connectivity index (χ4n) is 8.04. The number of amides is 1. The molecule has 0 bridgehead atoms. The summed E-state index contributed by atoms with van der Waals surface area (Å²) in [5.41, 5.74) is 0. The van der Waals surface area contributed by atoms with Crippen molar-refractivity contribution in [2.75, 3.05) is 13.2 Å². The monoisotopic (exact) mass is 800 g/mol. The molecular formula is C47H93NO8. The van der Waals surface area contributed by atoms with E-state index in [1.54, 1.807) is 0 Å². The highest BCUT2D eigenvalue weighted by Gasteiger charge is 2.44. The molecule has 0 aromatic heterocycles. The van der Waals surface area contributed by atoms with Gasteiger partial charge in [0, 0.05) is 6.42 Å². The SMILES string of the molecule is CCCCCCCCCCCCCCCCCCCCCCCCC(=O)N[C@@H](CO[C@@H]1O[C@H](CO)[C@H](O)C(O)C1O)[C@H](O)CCCCCCCCCCCCC. The minimum Gasteiger partial charge on any atom is -0.394 e. The smallest absolute Gasteiger partial charge is 0.220 e. The van der Waals surface area contributed by atoms with Crippen LogP contribution in [0.25, 0.3) is 0 Å². The van der Waals surface area contributed by atoms with Crippen LogP contribution in [0.1, 0.15) is 239 Å². The van der Waals surface area contributed by atoms with Crippen LogP contribution in [-0.4, -0.2) is 87.5 Å². The highest BCUT2D eigenvalue weighted by Crippen LogP contribution is 2.23. The van der Waals surface area contributed by atoms with Gasteiger partial charge in [0.15, 0.2) is 6.29 Å². The fourth-order valence-corrected chi connectivity index (χ4v) is 8.04. The van der Waals surface area contributed by atoms with Crippen LogP contribution in [0.4, 0.5) is 0 Å². The second-order valence-electron chi connectivity index (χ2n) is 17.3. The first-order chi connectivity index (χ1) is 27.3. The van der Waals surface area contributed by atoms with Gasteiger partial charge in [-0.3, -0.25) is 4.79 Å². The van der Waals surface area contributed by atoms with Crippen LogP contribution >= 0.6 is 0 Å². The number of hydrogen-bond acceptors (Lipinski definition) is 8. The van der Waals surface area contributed by atoms with Crippen molar-refractivity contribution in [1.29, 1.82) is 0 Å². The van der Waals surface area contributed by atoms with E-state index in [9.17, 15) is 30.3 Å². The average molecular weight is 800 g/mol. The number of hydrogen-bond donors (Lipinski definition) is 6. The summed E-state index contributed by atoms with van der Waals surface area (Å²) in [6, 6.07) is -0.710. The quantitative estimate of drug-likeness (QED) is 0.0335. The van der Waals surface area contributed by atoms with Crippen LogP contribution in [0.3, 0.4) is 0 Å². The number of aliphatic hydroxyl groups is 5. The number of rotatable bonds is 41. The molecule has 56 heavy (non-hydrogen) atoms. The van der Waals surface area contributed by atoms with Crippen molar-refractivity contribution < 1.29 is 39.8 Å². The van der Waals surface area contributed by atoms with Gasteiger partial charge in [0.1, 0.15) is 24.4 Å². The van der Waals surface area contributed by atoms with Crippen LogP contribution in [0.15, 0.2) is 0 Å². The number of aliphatic hydroxyl groups excluding tert-OH is 5. The predicted molar refractivity (Wildman–Crippen MR) is 231 cm³/mol. The lowest BCUT2D eigenvalue weighted by Gasteiger charge is -2.40. The molecule has 0 aromatic rings. The summed E-state index contributed by atoms with van der Waals surface area (Å²) in [5.74, 6) is -0.140. The van der Waals surface area contributed by atoms with Crippen molar-refractivity contribution in [3.05, 3.63) is 0 Å². The maximum atomic E-state index is 13.0. The van der Waals surface area contributed by atoms with Gasteiger partial charge in [-0.25, -0.2) is 0 Å². The summed E-state index contributed by atoms with van der Waals surface area (Å²) in [5, 5.41) is 54.3. The van der Waals surface area contributed by atoms with Crippen molar-refractivity contribution in [3.63, 3.8) is 0 Å². The van der Waals surface area contributed by atoms with E-state index < -0.39 is 49.5 Å². The van der Waals surface area contributed by atoms with E-state index in [0.29, 0.717) is 12.8 Å². The average Bonchev–Trinajstić information content (AvgIpc) is 3.20. The van der Waals surface area contributed by atoms with E-state index in [0.717, 1.165) is 38.5 Å². The first kappa shape index (κ1) is 53.2. The molecule has 7 atom stereocenters. The summed E-state index contributed by atoms with van der Waals surface area (Å²) in [4.78, 5) is 13.0. The zero-order valence-corrected chi connectivity index (χ0v) is 36.7. The maximum absolute atomic E-state index is 13.0. The summed E-state index contributed by atoms with van der Waals surface area (Å²) >= 11 is 0. The Labute approximate surface area is 344 Å². The van der Waals surface area contributed by atoms with Crippen LogP contribution in [-0.2, 0) is 14.3 Å². The van der Waals surface area contributed by atoms with Crippen molar-refractivity contribution >= 4 is 5.91 Å². The fraction of sp³-hybridized carbons (Fsp3) is 0.979. The molecule has 0 aliphatic carbocycles. The zero-order valence-electron chi connectivity index (χ0n) is 36.7. The molecule has 9 heteroatoms. The minimum atomic E-state index is -1.55. The van der Waals surface area contributed by atoms with Crippen molar-refractivity contribution in [2.24, 2.45) is 0 Å². The summed E-state index contributed by atoms with van der Waals surface area (Å²) in [6.45, 7) is 3.84. The van der Waals surface area contributed by atoms with Gasteiger partial charge < -0.3 is 40.3 Å². The standard InChI is InChI=1S/C47H93NO8/c1-3-5-7-9-11-13-15-16-17-18-19-20-21-22-23-24-25-27-29-31-33-35-37-43(51)48-40(39-55-47-46(54)45(53)44(52)42(38-49)56-47)41(50)36-34-32-30-28-26-14-12-10-8-6-4-2/h40-42,44-47,49-50,52-54H,3-39H2,1-2H3,(H,48,51)/t40-,41+,42+,44-,45?,46?,47+/m0/s1. The molecule has 1 aliphatic heterocycles. The van der Waals surface area contributed by atoms with E-state index >= 15 is 0 Å². The van der Waals surface area contributed by atoms with E-state index in [1.807, 2.05) is 0 Å². The van der Waals surface area contributed by atoms with Crippen molar-refractivity contribution in [2.45, 2.75) is 281 Å². The van der Waals surface area contributed by atoms with Crippen LogP contribution in [0.2, 0.25) is 0 Å². The van der Waals surface area contributed by atoms with Gasteiger partial charge in [0.05, 0.1) is 25.4 Å². The molecule has 334 valence electrons. The first-order valence-corrected chi connectivity index (χ1v) is 24.2. The molecule has 0 spiro atoms. The molecule has 2 unspecified atom stereocenters. The Balaban J connectivity index is 2.22. The normalized spacial score (nSPS) is 21.0. The van der Waals surface area contributed by atoms with E-state index in [1.165, 1.54) is 173 Å². The molecule has 0 aromatic carbocycles. The maximum Gasteiger partial charge on any atom is 0.220 e. The van der Waals surface area contributed by atoms with Crippen molar-refractivity contribution in [3.8, 4) is 0 Å². The van der Waals surface area contributed by atoms with Gasteiger partial charge in [-0.15, -0.1) is 0 Å². The minimum absolute atomic E-state index is 0.132. The summed E-state index contributed by atoms with van der Waals surface area (Å²) in [7, 11) is 0. The Kier molecular flexibility index (Phi) is 36.5. The van der Waals surface area contributed by atoms with Crippen LogP contribution in [0, 0.1) is 0 Å². The summed E-state index contributed by atoms with van der Waals surface area (Å²) < 4.78 is 11.3. The molecule has 1 heterocycles. The summed E-state index contributed by atoms with van der Waals surface area (Å²) in [6.07, 6.45) is 35.5. The van der Waals surface area contributed by atoms with Crippen LogP contribution < -0.4 is 5.32 Å². The van der Waals surface area contributed by atoms with Crippen molar-refractivity contribution in [1.82, 2.24) is 5.32 Å². The number of nitrogens with one attached hydrogen (secondary N) is 1.